The van der Waals surface area contributed by atoms with Crippen molar-refractivity contribution in [3.05, 3.63) is 128 Å². The number of hydrogen-bond acceptors (Lipinski definition) is 1. The molecular formula is C33H21N. The van der Waals surface area contributed by atoms with Gasteiger partial charge < -0.3 is 0 Å². The summed E-state index contributed by atoms with van der Waals surface area (Å²) in [7, 11) is 0. The fraction of sp³-hybridized carbons (Fsp3) is 0. The second-order valence-electron chi connectivity index (χ2n) is 8.85. The highest BCUT2D eigenvalue weighted by molar-refractivity contribution is 6.16. The zero-order valence-electron chi connectivity index (χ0n) is 18.6. The van der Waals surface area contributed by atoms with E-state index in [-0.39, 0.29) is 0 Å². The van der Waals surface area contributed by atoms with E-state index in [1.54, 1.807) is 0 Å². The van der Waals surface area contributed by atoms with Crippen molar-refractivity contribution in [1.82, 2.24) is 4.98 Å². The maximum atomic E-state index is 4.69. The van der Waals surface area contributed by atoms with Crippen molar-refractivity contribution in [2.45, 2.75) is 0 Å². The molecule has 158 valence electrons. The zero-order valence-corrected chi connectivity index (χ0v) is 18.6. The minimum absolute atomic E-state index is 0.995. The summed E-state index contributed by atoms with van der Waals surface area (Å²) in [5.41, 5.74) is 12.3. The highest BCUT2D eigenvalue weighted by Crippen LogP contribution is 2.48. The Labute approximate surface area is 199 Å². The Morgan fingerprint density at radius 2 is 1.03 bits per heavy atom. The lowest BCUT2D eigenvalue weighted by Gasteiger charge is -2.09. The van der Waals surface area contributed by atoms with Crippen LogP contribution < -0.4 is 0 Å². The van der Waals surface area contributed by atoms with Crippen LogP contribution in [0.4, 0.5) is 0 Å². The smallest absolute Gasteiger partial charge is 0.0702 e. The molecule has 0 saturated carbocycles. The second kappa shape index (κ2) is 7.54. The lowest BCUT2D eigenvalue weighted by molar-refractivity contribution is 1.32. The minimum Gasteiger partial charge on any atom is -0.256 e. The molecule has 6 aromatic rings. The number of benzene rings is 5. The van der Waals surface area contributed by atoms with Crippen molar-refractivity contribution in [1.29, 1.82) is 0 Å². The number of rotatable bonds is 3. The molecule has 1 nitrogen and oxygen atoms in total. The van der Waals surface area contributed by atoms with Gasteiger partial charge in [-0.05, 0) is 67.9 Å². The largest absolute Gasteiger partial charge is 0.256 e. The van der Waals surface area contributed by atoms with Crippen LogP contribution in [0.2, 0.25) is 0 Å². The Bertz CT molecular complexity index is 1660. The molecule has 5 aromatic carbocycles. The Morgan fingerprint density at radius 1 is 0.382 bits per heavy atom. The fourth-order valence-corrected chi connectivity index (χ4v) is 5.18. The molecule has 0 bridgehead atoms. The molecule has 0 radical (unpaired) electrons. The normalized spacial score (nSPS) is 11.5. The molecule has 0 atom stereocenters. The van der Waals surface area contributed by atoms with Crippen molar-refractivity contribution in [3.8, 4) is 55.8 Å². The second-order valence-corrected chi connectivity index (χ2v) is 8.85. The fourth-order valence-electron chi connectivity index (χ4n) is 5.18. The molecular weight excluding hydrogens is 410 g/mol. The van der Waals surface area contributed by atoms with Crippen LogP contribution in [0.5, 0.6) is 0 Å². The van der Waals surface area contributed by atoms with Gasteiger partial charge in [0.15, 0.2) is 0 Å². The summed E-state index contributed by atoms with van der Waals surface area (Å²) in [4.78, 5) is 4.69. The van der Waals surface area contributed by atoms with E-state index in [1.165, 1.54) is 49.7 Å². The summed E-state index contributed by atoms with van der Waals surface area (Å²) < 4.78 is 0. The van der Waals surface area contributed by atoms with E-state index in [0.717, 1.165) is 16.8 Å². The Morgan fingerprint density at radius 3 is 1.76 bits per heavy atom. The van der Waals surface area contributed by atoms with Crippen LogP contribution in [0, 0.1) is 0 Å². The monoisotopic (exact) mass is 431 g/mol. The molecule has 1 aliphatic rings. The van der Waals surface area contributed by atoms with Gasteiger partial charge in [-0.25, -0.2) is 0 Å². The Hall–Kier alpha value is -4.49. The van der Waals surface area contributed by atoms with Crippen LogP contribution in [-0.4, -0.2) is 4.98 Å². The van der Waals surface area contributed by atoms with Gasteiger partial charge >= 0.3 is 0 Å². The molecule has 0 saturated heterocycles. The summed E-state index contributed by atoms with van der Waals surface area (Å²) in [6.07, 6.45) is 1.96. The first-order valence-electron chi connectivity index (χ1n) is 11.6. The standard InChI is InChI=1S/C33H21N/c1-2-7-24(8-3-1)32-18-17-26(21-34-32)22-13-15-23(16-14-22)27-19-25-9-6-12-30-28-10-4-5-11-29(28)31(20-27)33(25)30/h1-21H. The van der Waals surface area contributed by atoms with Gasteiger partial charge in [0.2, 0.25) is 0 Å². The molecule has 1 heteroatoms. The number of fused-ring (bicyclic) bond motifs is 3. The molecule has 1 aliphatic carbocycles. The van der Waals surface area contributed by atoms with E-state index in [4.69, 9.17) is 0 Å². The van der Waals surface area contributed by atoms with Crippen molar-refractivity contribution in [2.75, 3.05) is 0 Å². The minimum atomic E-state index is 0.995. The predicted octanol–water partition coefficient (Wildman–Crippen LogP) is 8.88. The van der Waals surface area contributed by atoms with E-state index >= 15 is 0 Å². The van der Waals surface area contributed by atoms with Gasteiger partial charge in [0.1, 0.15) is 0 Å². The summed E-state index contributed by atoms with van der Waals surface area (Å²) >= 11 is 0. The zero-order chi connectivity index (χ0) is 22.5. The first-order valence-corrected chi connectivity index (χ1v) is 11.6. The van der Waals surface area contributed by atoms with Crippen LogP contribution in [0.3, 0.4) is 0 Å². The van der Waals surface area contributed by atoms with Gasteiger partial charge in [-0.15, -0.1) is 0 Å². The van der Waals surface area contributed by atoms with Gasteiger partial charge in [0.05, 0.1) is 5.69 Å². The molecule has 0 aliphatic heterocycles. The van der Waals surface area contributed by atoms with E-state index < -0.39 is 0 Å². The van der Waals surface area contributed by atoms with E-state index in [1.807, 2.05) is 24.4 Å². The van der Waals surface area contributed by atoms with Gasteiger partial charge in [-0.1, -0.05) is 103 Å². The summed E-state index contributed by atoms with van der Waals surface area (Å²) in [6, 6.07) is 43.4. The molecule has 1 aromatic heterocycles. The SMILES string of the molecule is c1ccc(-c2ccc(-c3ccc(-c4cc5c6c(cccc6c4)-c4ccccc4-5)cc3)cn2)cc1. The number of hydrogen-bond donors (Lipinski definition) is 0. The average molecular weight is 432 g/mol. The molecule has 34 heavy (non-hydrogen) atoms. The summed E-state index contributed by atoms with van der Waals surface area (Å²) in [5.74, 6) is 0. The van der Waals surface area contributed by atoms with Crippen LogP contribution in [-0.2, 0) is 0 Å². The first-order chi connectivity index (χ1) is 16.8. The van der Waals surface area contributed by atoms with Crippen molar-refractivity contribution in [2.24, 2.45) is 0 Å². The molecule has 0 N–H and O–H groups in total. The molecule has 0 amide bonds. The highest BCUT2D eigenvalue weighted by Gasteiger charge is 2.21. The maximum Gasteiger partial charge on any atom is 0.0702 e. The summed E-state index contributed by atoms with van der Waals surface area (Å²) in [6.45, 7) is 0. The third-order valence-electron chi connectivity index (χ3n) is 6.87. The number of aromatic nitrogens is 1. The van der Waals surface area contributed by atoms with Crippen molar-refractivity contribution >= 4 is 10.8 Å². The van der Waals surface area contributed by atoms with Gasteiger partial charge in [-0.3, -0.25) is 4.98 Å². The summed E-state index contributed by atoms with van der Waals surface area (Å²) in [5, 5.41) is 2.67. The molecule has 0 spiro atoms. The van der Waals surface area contributed by atoms with Crippen LogP contribution in [0.1, 0.15) is 0 Å². The number of nitrogens with zero attached hydrogens (tertiary/aromatic N) is 1. The third kappa shape index (κ3) is 2.98. The average Bonchev–Trinajstić information content (AvgIpc) is 3.25. The van der Waals surface area contributed by atoms with Crippen LogP contribution in [0.25, 0.3) is 66.5 Å². The van der Waals surface area contributed by atoms with E-state index in [9.17, 15) is 0 Å². The lowest BCUT2D eigenvalue weighted by Crippen LogP contribution is -1.86. The number of pyridine rings is 1. The highest BCUT2D eigenvalue weighted by atomic mass is 14.7. The quantitative estimate of drug-likeness (QED) is 0.272. The van der Waals surface area contributed by atoms with Gasteiger partial charge in [-0.2, -0.15) is 0 Å². The van der Waals surface area contributed by atoms with E-state index in [0.29, 0.717) is 0 Å². The predicted molar refractivity (Wildman–Crippen MR) is 142 cm³/mol. The van der Waals surface area contributed by atoms with Crippen molar-refractivity contribution in [3.63, 3.8) is 0 Å². The molecule has 1 heterocycles. The van der Waals surface area contributed by atoms with Gasteiger partial charge in [0, 0.05) is 17.3 Å². The first kappa shape index (κ1) is 19.0. The lowest BCUT2D eigenvalue weighted by atomic mass is 9.95. The van der Waals surface area contributed by atoms with E-state index in [2.05, 4.69) is 108 Å². The Balaban J connectivity index is 1.25. The topological polar surface area (TPSA) is 12.9 Å². The maximum absolute atomic E-state index is 4.69. The Kier molecular flexibility index (Phi) is 4.22. The molecule has 0 fully saturated rings. The third-order valence-corrected chi connectivity index (χ3v) is 6.87. The van der Waals surface area contributed by atoms with Crippen LogP contribution >= 0.6 is 0 Å². The van der Waals surface area contributed by atoms with Crippen molar-refractivity contribution < 1.29 is 0 Å². The van der Waals surface area contributed by atoms with Gasteiger partial charge in [0.25, 0.3) is 0 Å². The molecule has 0 unspecified atom stereocenters. The van der Waals surface area contributed by atoms with Crippen LogP contribution in [0.15, 0.2) is 128 Å². The molecule has 7 rings (SSSR count).